The van der Waals surface area contributed by atoms with Crippen LogP contribution < -0.4 is 10.3 Å². The van der Waals surface area contributed by atoms with E-state index in [1.165, 1.54) is 0 Å². The zero-order chi connectivity index (χ0) is 11.1. The summed E-state index contributed by atoms with van der Waals surface area (Å²) in [7, 11) is -10.6. The van der Waals surface area contributed by atoms with E-state index in [-0.39, 0.29) is 51.6 Å². The van der Waals surface area contributed by atoms with Crippen molar-refractivity contribution in [2.45, 2.75) is 0 Å². The van der Waals surface area contributed by atoms with Gasteiger partial charge in [-0.05, 0) is 0 Å². The first kappa shape index (κ1) is 25.2. The van der Waals surface area contributed by atoms with Crippen molar-refractivity contribution < 1.29 is 42.5 Å². The Bertz CT molecular complexity index is 296. The van der Waals surface area contributed by atoms with Gasteiger partial charge in [-0.25, -0.2) is 16.8 Å². The van der Waals surface area contributed by atoms with E-state index in [4.69, 9.17) is 7.91 Å². The van der Waals surface area contributed by atoms with E-state index >= 15 is 0 Å². The summed E-state index contributed by atoms with van der Waals surface area (Å²) in [5, 5.41) is 0. The van der Waals surface area contributed by atoms with Gasteiger partial charge in [0.05, 0.1) is 0 Å². The monoisotopic (exact) mass is 405 g/mol. The third kappa shape index (κ3) is 39.3. The van der Waals surface area contributed by atoms with E-state index < -0.39 is 36.5 Å². The molecule has 0 saturated heterocycles. The van der Waals surface area contributed by atoms with Gasteiger partial charge in [0.15, 0.2) is 0 Å². The Kier molecular flexibility index (Phi) is 19.9. The molecule has 0 atom stereocenters. The summed E-state index contributed by atoms with van der Waals surface area (Å²) >= 11 is -2.19. The fourth-order valence-corrected chi connectivity index (χ4v) is 0.612. The average Bonchev–Trinajstić information content (AvgIpc) is 1.82. The molecule has 0 unspecified atom stereocenters. The van der Waals surface area contributed by atoms with Gasteiger partial charge in [-0.15, -0.1) is 8.67 Å². The Morgan fingerprint density at radius 2 is 1.07 bits per heavy atom. The largest absolute Gasteiger partial charge is 2.00 e. The van der Waals surface area contributed by atoms with E-state index in [9.17, 15) is 25.9 Å². The SMILES string of the molecule is O=S(=O)([O-])OOS(=O)(=O)[O-].[NH4+].[O]=[GeH][O-].[Sr+2]. The molecule has 0 heterocycles. The van der Waals surface area contributed by atoms with Crippen molar-refractivity contribution in [3.8, 4) is 0 Å². The molecule has 0 bridgehead atoms. The predicted molar refractivity (Wildman–Crippen MR) is 41.1 cm³/mol. The van der Waals surface area contributed by atoms with E-state index in [1.54, 1.807) is 0 Å². The fraction of sp³-hybridized carbons (Fsp3) is 0. The molecule has 0 aromatic rings. The van der Waals surface area contributed by atoms with Crippen LogP contribution in [0.5, 0.6) is 0 Å². The van der Waals surface area contributed by atoms with Crippen LogP contribution in [-0.4, -0.2) is 87.1 Å². The van der Waals surface area contributed by atoms with Crippen LogP contribution in [0.2, 0.25) is 0 Å². The first-order chi connectivity index (χ1) is 5.62. The third-order valence-corrected chi connectivity index (χ3v) is 0.750. The molecule has 0 radical (unpaired) electrons. The Labute approximate surface area is 129 Å². The third-order valence-electron chi connectivity index (χ3n) is 0.194. The van der Waals surface area contributed by atoms with Gasteiger partial charge >= 0.3 is 69.1 Å². The van der Waals surface area contributed by atoms with Crippen molar-refractivity contribution in [1.82, 2.24) is 6.15 Å². The van der Waals surface area contributed by atoms with Crippen LogP contribution in [-0.2, 0) is 33.2 Å². The van der Waals surface area contributed by atoms with Crippen molar-refractivity contribution >= 4 is 82.0 Å². The molecule has 4 N–H and O–H groups in total. The van der Waals surface area contributed by atoms with Crippen LogP contribution in [0, 0.1) is 0 Å². The van der Waals surface area contributed by atoms with Gasteiger partial charge in [-0.2, -0.15) is 0 Å². The van der Waals surface area contributed by atoms with Gasteiger partial charge in [-0.3, -0.25) is 0 Å². The maximum Gasteiger partial charge on any atom is 2.00 e. The molecule has 0 aliphatic heterocycles. The Balaban J connectivity index is -0.000000108. The van der Waals surface area contributed by atoms with E-state index in [0.29, 0.717) is 0 Å². The second-order valence-corrected chi connectivity index (χ2v) is 3.36. The van der Waals surface area contributed by atoms with Crippen LogP contribution in [0.15, 0.2) is 0 Å². The van der Waals surface area contributed by atoms with Crippen LogP contribution in [0.25, 0.3) is 0 Å². The van der Waals surface area contributed by atoms with Crippen LogP contribution in [0.4, 0.5) is 0 Å². The van der Waals surface area contributed by atoms with Crippen LogP contribution >= 0.6 is 0 Å². The maximum atomic E-state index is 9.37. The zero-order valence-corrected chi connectivity index (χ0v) is 14.7. The van der Waals surface area contributed by atoms with Gasteiger partial charge in [0, 0.05) is 0 Å². The summed E-state index contributed by atoms with van der Waals surface area (Å²) in [5.41, 5.74) is 0. The predicted octanol–water partition coefficient (Wildman–Crippen LogP) is -4.11. The Morgan fingerprint density at radius 3 is 1.13 bits per heavy atom. The number of rotatable bonds is 3. The molecule has 0 amide bonds. The maximum absolute atomic E-state index is 9.37. The first-order valence-corrected chi connectivity index (χ1v) is 6.62. The minimum absolute atomic E-state index is 0. The summed E-state index contributed by atoms with van der Waals surface area (Å²) in [4.78, 5) is 0. The van der Waals surface area contributed by atoms with E-state index in [2.05, 4.69) is 8.67 Å². The molecular formula is H5GeNO10S2Sr. The standard InChI is InChI=1S/GeHO2.H3N.H2O8S2.Sr/c2-1-3;;1-9(2,3)7-8-10(4,5)6;/h1H;1H3;(H,1,2,3)(H,4,5,6);/q-1;;;+2/p-1. The minimum Gasteiger partial charge on any atom is 2.00 e. The molecule has 0 aromatic heterocycles. The van der Waals surface area contributed by atoms with Gasteiger partial charge in [-0.1, -0.05) is 0 Å². The molecule has 88 valence electrons. The van der Waals surface area contributed by atoms with Crippen LogP contribution in [0.3, 0.4) is 0 Å². The molecule has 0 aliphatic carbocycles. The van der Waals surface area contributed by atoms with Gasteiger partial charge in [0.25, 0.3) is 0 Å². The zero-order valence-electron chi connectivity index (χ0n) is 7.18. The molecule has 0 aliphatic rings. The van der Waals surface area contributed by atoms with Crippen molar-refractivity contribution in [3.63, 3.8) is 0 Å². The topological polar surface area (TPSA) is 209 Å². The number of quaternary nitrogens is 1. The summed E-state index contributed by atoms with van der Waals surface area (Å²) in [6, 6.07) is 0. The van der Waals surface area contributed by atoms with Gasteiger partial charge in [0.1, 0.15) is 0 Å². The van der Waals surface area contributed by atoms with E-state index in [1.807, 2.05) is 0 Å². The normalized spacial score (nSPS) is 9.73. The quantitative estimate of drug-likeness (QED) is 0.158. The van der Waals surface area contributed by atoms with Gasteiger partial charge < -0.3 is 15.3 Å². The summed E-state index contributed by atoms with van der Waals surface area (Å²) < 4.78 is 78.5. The van der Waals surface area contributed by atoms with Crippen molar-refractivity contribution in [1.29, 1.82) is 0 Å². The Hall–Kier alpha value is 1.32. The number of hydrogen-bond donors (Lipinski definition) is 1. The summed E-state index contributed by atoms with van der Waals surface area (Å²) in [6.45, 7) is 0. The van der Waals surface area contributed by atoms with Gasteiger partial charge in [0.2, 0.25) is 20.8 Å². The van der Waals surface area contributed by atoms with Crippen LogP contribution in [0.1, 0.15) is 0 Å². The molecule has 15 heteroatoms. The molecule has 15 heavy (non-hydrogen) atoms. The second kappa shape index (κ2) is 11.8. The summed E-state index contributed by atoms with van der Waals surface area (Å²) in [5.74, 6) is 0. The molecule has 11 nitrogen and oxygen atoms in total. The van der Waals surface area contributed by atoms with E-state index in [0.717, 1.165) is 0 Å². The average molecular weight is 403 g/mol. The first-order valence-electron chi connectivity index (χ1n) is 1.97. The molecule has 0 fully saturated rings. The molecule has 0 aromatic carbocycles. The molecule has 0 spiro atoms. The fourth-order valence-electron chi connectivity index (χ4n) is 0.0680. The molecule has 0 rings (SSSR count). The minimum atomic E-state index is -5.31. The van der Waals surface area contributed by atoms with Crippen molar-refractivity contribution in [2.24, 2.45) is 0 Å². The smallest absolute Gasteiger partial charge is 2.00 e. The number of hydrogen-bond acceptors (Lipinski definition) is 10. The second-order valence-electron chi connectivity index (χ2n) is 1.05. The Morgan fingerprint density at radius 1 is 0.933 bits per heavy atom. The molecular weight excluding hydrogens is 398 g/mol. The van der Waals surface area contributed by atoms with Crippen molar-refractivity contribution in [3.05, 3.63) is 0 Å². The molecule has 0 saturated carbocycles. The summed E-state index contributed by atoms with van der Waals surface area (Å²) in [6.07, 6.45) is 0. The van der Waals surface area contributed by atoms with Crippen molar-refractivity contribution in [2.75, 3.05) is 0 Å².